The first-order valence-electron chi connectivity index (χ1n) is 5.07. The largest absolute Gasteiger partial charge is 0.425 e. The molecule has 0 spiro atoms. The second-order valence-electron chi connectivity index (χ2n) is 3.57. The van der Waals surface area contributed by atoms with E-state index >= 15 is 0 Å². The Morgan fingerprint density at radius 2 is 1.82 bits per heavy atom. The lowest BCUT2D eigenvalue weighted by atomic mass is 10.1. The molecule has 0 aliphatic carbocycles. The van der Waals surface area contributed by atoms with E-state index in [1.807, 2.05) is 0 Å². The molecule has 1 rings (SSSR count). The average molecular weight is 275 g/mol. The molecule has 92 valence electrons. The molecule has 3 nitrogen and oxygen atoms in total. The average Bonchev–Trinajstić information content (AvgIpc) is 2.28. The lowest BCUT2D eigenvalue weighted by Gasteiger charge is -2.05. The first-order chi connectivity index (χ1) is 7.99. The van der Waals surface area contributed by atoms with Crippen LogP contribution in [0, 0.1) is 0 Å². The van der Waals surface area contributed by atoms with Gasteiger partial charge in [0.1, 0.15) is 11.5 Å². The molecular formula is C12H12Cl2O3. The predicted octanol–water partition coefficient (Wildman–Crippen LogP) is 2.92. The quantitative estimate of drug-likeness (QED) is 0.471. The standard InChI is InChI=1S/C12H12Cl2O3/c1-8(15)2-3-9-4-6-10(7-5-9)17-12(16)11(13)14/h4-7,11H,2-3H2,1H3. The second kappa shape index (κ2) is 6.62. The van der Waals surface area contributed by atoms with Crippen molar-refractivity contribution in [1.82, 2.24) is 0 Å². The molecule has 0 fully saturated rings. The zero-order chi connectivity index (χ0) is 12.8. The van der Waals surface area contributed by atoms with Crippen LogP contribution in [0.5, 0.6) is 5.75 Å². The van der Waals surface area contributed by atoms with E-state index in [1.54, 1.807) is 31.2 Å². The summed E-state index contributed by atoms with van der Waals surface area (Å²) in [5.74, 6) is -0.176. The Morgan fingerprint density at radius 1 is 1.24 bits per heavy atom. The van der Waals surface area contributed by atoms with Gasteiger partial charge in [-0.05, 0) is 31.0 Å². The number of carbonyl (C=O) groups excluding carboxylic acids is 2. The molecule has 0 atom stereocenters. The van der Waals surface area contributed by atoms with Gasteiger partial charge in [0.05, 0.1) is 0 Å². The van der Waals surface area contributed by atoms with Crippen LogP contribution >= 0.6 is 23.2 Å². The van der Waals surface area contributed by atoms with E-state index in [-0.39, 0.29) is 5.78 Å². The maximum absolute atomic E-state index is 11.1. The topological polar surface area (TPSA) is 43.4 Å². The number of esters is 1. The molecule has 0 aliphatic heterocycles. The maximum atomic E-state index is 11.1. The highest BCUT2D eigenvalue weighted by atomic mass is 35.5. The fraction of sp³-hybridized carbons (Fsp3) is 0.333. The molecule has 0 N–H and O–H groups in total. The van der Waals surface area contributed by atoms with Crippen LogP contribution in [-0.4, -0.2) is 16.6 Å². The fourth-order valence-electron chi connectivity index (χ4n) is 1.21. The van der Waals surface area contributed by atoms with Crippen molar-refractivity contribution >= 4 is 35.0 Å². The van der Waals surface area contributed by atoms with Crippen molar-refractivity contribution < 1.29 is 14.3 Å². The summed E-state index contributed by atoms with van der Waals surface area (Å²) in [5, 5.41) is 0. The highest BCUT2D eigenvalue weighted by Gasteiger charge is 2.13. The molecule has 0 unspecified atom stereocenters. The van der Waals surface area contributed by atoms with Crippen LogP contribution in [0.3, 0.4) is 0 Å². The van der Waals surface area contributed by atoms with E-state index in [1.165, 1.54) is 0 Å². The Bertz CT molecular complexity index is 399. The molecular weight excluding hydrogens is 263 g/mol. The van der Waals surface area contributed by atoms with E-state index in [4.69, 9.17) is 27.9 Å². The van der Waals surface area contributed by atoms with Crippen molar-refractivity contribution in [3.8, 4) is 5.75 Å². The Hall–Kier alpha value is -1.06. The zero-order valence-electron chi connectivity index (χ0n) is 9.28. The number of aryl methyl sites for hydroxylation is 1. The Kier molecular flexibility index (Phi) is 5.45. The first-order valence-corrected chi connectivity index (χ1v) is 5.94. The van der Waals surface area contributed by atoms with E-state index in [9.17, 15) is 9.59 Å². The summed E-state index contributed by atoms with van der Waals surface area (Å²) in [6.07, 6.45) is 1.18. The van der Waals surface area contributed by atoms with E-state index < -0.39 is 10.8 Å². The van der Waals surface area contributed by atoms with Crippen molar-refractivity contribution in [1.29, 1.82) is 0 Å². The number of Topliss-reactive ketones (excluding diaryl/α,β-unsaturated/α-hetero) is 1. The third kappa shape index (κ3) is 5.20. The molecule has 0 bridgehead atoms. The van der Waals surface area contributed by atoms with Crippen LogP contribution < -0.4 is 4.74 Å². The Balaban J connectivity index is 2.56. The predicted molar refractivity (Wildman–Crippen MR) is 66.6 cm³/mol. The van der Waals surface area contributed by atoms with Crippen molar-refractivity contribution in [2.75, 3.05) is 0 Å². The maximum Gasteiger partial charge on any atom is 0.344 e. The van der Waals surface area contributed by atoms with Gasteiger partial charge in [-0.25, -0.2) is 4.79 Å². The highest BCUT2D eigenvalue weighted by Crippen LogP contribution is 2.15. The number of rotatable bonds is 5. The smallest absolute Gasteiger partial charge is 0.344 e. The van der Waals surface area contributed by atoms with Crippen LogP contribution in [-0.2, 0) is 16.0 Å². The minimum absolute atomic E-state index is 0.146. The first kappa shape index (κ1) is 14.0. The summed E-state index contributed by atoms with van der Waals surface area (Å²) in [7, 11) is 0. The van der Waals surface area contributed by atoms with Gasteiger partial charge in [0.15, 0.2) is 0 Å². The Morgan fingerprint density at radius 3 is 2.29 bits per heavy atom. The summed E-state index contributed by atoms with van der Waals surface area (Å²) >= 11 is 10.7. The summed E-state index contributed by atoms with van der Waals surface area (Å²) < 4.78 is 4.89. The van der Waals surface area contributed by atoms with Crippen LogP contribution in [0.4, 0.5) is 0 Å². The van der Waals surface area contributed by atoms with Crippen LogP contribution in [0.25, 0.3) is 0 Å². The van der Waals surface area contributed by atoms with E-state index in [2.05, 4.69) is 0 Å². The van der Waals surface area contributed by atoms with E-state index in [0.29, 0.717) is 18.6 Å². The molecule has 0 amide bonds. The fourth-order valence-corrected chi connectivity index (χ4v) is 1.29. The van der Waals surface area contributed by atoms with Crippen molar-refractivity contribution in [2.45, 2.75) is 24.6 Å². The van der Waals surface area contributed by atoms with Crippen LogP contribution in [0.2, 0.25) is 0 Å². The molecule has 17 heavy (non-hydrogen) atoms. The van der Waals surface area contributed by atoms with Gasteiger partial charge in [0.25, 0.3) is 0 Å². The second-order valence-corrected chi connectivity index (χ2v) is 4.66. The number of benzene rings is 1. The number of hydrogen-bond acceptors (Lipinski definition) is 3. The van der Waals surface area contributed by atoms with Crippen LogP contribution in [0.15, 0.2) is 24.3 Å². The highest BCUT2D eigenvalue weighted by molar-refractivity contribution is 6.53. The lowest BCUT2D eigenvalue weighted by molar-refractivity contribution is -0.132. The SMILES string of the molecule is CC(=O)CCc1ccc(OC(=O)C(Cl)Cl)cc1. The number of halogens is 2. The number of carbonyl (C=O) groups is 2. The number of ketones is 1. The van der Waals surface area contributed by atoms with Gasteiger partial charge in [0, 0.05) is 6.42 Å². The molecule has 1 aromatic rings. The lowest BCUT2D eigenvalue weighted by Crippen LogP contribution is -2.15. The number of alkyl halides is 2. The van der Waals surface area contributed by atoms with Crippen molar-refractivity contribution in [3.05, 3.63) is 29.8 Å². The van der Waals surface area contributed by atoms with Gasteiger partial charge in [-0.3, -0.25) is 0 Å². The Labute approximate surface area is 110 Å². The van der Waals surface area contributed by atoms with Gasteiger partial charge < -0.3 is 9.53 Å². The van der Waals surface area contributed by atoms with Gasteiger partial charge in [-0.2, -0.15) is 0 Å². The molecule has 0 saturated heterocycles. The van der Waals surface area contributed by atoms with Gasteiger partial charge >= 0.3 is 5.97 Å². The molecule has 5 heteroatoms. The number of ether oxygens (including phenoxy) is 1. The monoisotopic (exact) mass is 274 g/mol. The van der Waals surface area contributed by atoms with Crippen molar-refractivity contribution in [3.63, 3.8) is 0 Å². The minimum atomic E-state index is -1.19. The molecule has 0 heterocycles. The molecule has 1 aromatic carbocycles. The molecule has 0 saturated carbocycles. The molecule has 0 radical (unpaired) electrons. The third-order valence-corrected chi connectivity index (χ3v) is 2.44. The minimum Gasteiger partial charge on any atom is -0.425 e. The zero-order valence-corrected chi connectivity index (χ0v) is 10.8. The molecule has 0 aliphatic rings. The van der Waals surface area contributed by atoms with Gasteiger partial charge in [0.2, 0.25) is 4.84 Å². The normalized spacial score (nSPS) is 10.4. The summed E-state index contributed by atoms with van der Waals surface area (Å²) in [5.41, 5.74) is 1.01. The third-order valence-electron chi connectivity index (χ3n) is 2.09. The summed E-state index contributed by atoms with van der Waals surface area (Å²) in [4.78, 5) is 20.7. The summed E-state index contributed by atoms with van der Waals surface area (Å²) in [6, 6.07) is 6.87. The number of hydrogen-bond donors (Lipinski definition) is 0. The van der Waals surface area contributed by atoms with Gasteiger partial charge in [-0.15, -0.1) is 0 Å². The van der Waals surface area contributed by atoms with Crippen LogP contribution in [0.1, 0.15) is 18.9 Å². The van der Waals surface area contributed by atoms with Crippen molar-refractivity contribution in [2.24, 2.45) is 0 Å². The molecule has 0 aromatic heterocycles. The summed E-state index contributed by atoms with van der Waals surface area (Å²) in [6.45, 7) is 1.55. The van der Waals surface area contributed by atoms with Gasteiger partial charge in [-0.1, -0.05) is 35.3 Å². The van der Waals surface area contributed by atoms with E-state index in [0.717, 1.165) is 5.56 Å².